The first-order valence-electron chi connectivity index (χ1n) is 7.16. The van der Waals surface area contributed by atoms with Gasteiger partial charge < -0.3 is 16.0 Å². The highest BCUT2D eigenvalue weighted by Gasteiger charge is 2.20. The molecule has 1 aromatic carbocycles. The molecule has 1 fully saturated rings. The number of carbonyl (C=O) groups is 1. The highest BCUT2D eigenvalue weighted by Crippen LogP contribution is 2.26. The summed E-state index contributed by atoms with van der Waals surface area (Å²) in [6, 6.07) is 5.26. The van der Waals surface area contributed by atoms with Crippen LogP contribution in [-0.4, -0.2) is 32.1 Å². The van der Waals surface area contributed by atoms with Crippen LogP contribution in [0.25, 0.3) is 0 Å². The molecule has 4 nitrogen and oxygen atoms in total. The Labute approximate surface area is 125 Å². The van der Waals surface area contributed by atoms with E-state index in [-0.39, 0.29) is 0 Å². The van der Waals surface area contributed by atoms with Crippen molar-refractivity contribution in [2.45, 2.75) is 19.8 Å². The predicted octanol–water partition coefficient (Wildman–Crippen LogP) is 2.26. The lowest BCUT2D eigenvalue weighted by molar-refractivity contribution is 0.100. The van der Waals surface area contributed by atoms with Gasteiger partial charge in [0, 0.05) is 18.1 Å². The van der Waals surface area contributed by atoms with Gasteiger partial charge in [0.05, 0.1) is 11.3 Å². The van der Waals surface area contributed by atoms with E-state index in [1.165, 1.54) is 12.8 Å². The van der Waals surface area contributed by atoms with Crippen molar-refractivity contribution < 1.29 is 4.79 Å². The van der Waals surface area contributed by atoms with E-state index in [9.17, 15) is 4.79 Å². The number of nitrogens with one attached hydrogen (secondary N) is 1. The Morgan fingerprint density at radius 2 is 2.15 bits per heavy atom. The van der Waals surface area contributed by atoms with Crippen LogP contribution in [0.1, 0.15) is 30.1 Å². The topological polar surface area (TPSA) is 58.4 Å². The van der Waals surface area contributed by atoms with Gasteiger partial charge in [0.1, 0.15) is 0 Å². The number of nitrogens with two attached hydrogens (primary N) is 1. The molecule has 0 atom stereocenters. The van der Waals surface area contributed by atoms with Gasteiger partial charge in [-0.25, -0.2) is 0 Å². The maximum absolute atomic E-state index is 11.6. The second kappa shape index (κ2) is 6.95. The molecule has 1 aromatic rings. The largest absolute Gasteiger partial charge is 0.371 e. The minimum atomic E-state index is -0.402. The molecule has 0 saturated carbocycles. The first-order chi connectivity index (χ1) is 9.61. The van der Waals surface area contributed by atoms with Gasteiger partial charge in [-0.1, -0.05) is 11.6 Å². The number of carbonyl (C=O) groups excluding carboxylic acids is 1. The highest BCUT2D eigenvalue weighted by molar-refractivity contribution is 6.31. The molecule has 110 valence electrons. The first kappa shape index (κ1) is 15.1. The van der Waals surface area contributed by atoms with Crippen molar-refractivity contribution in [2.75, 3.05) is 31.1 Å². The number of piperidine rings is 1. The van der Waals surface area contributed by atoms with Crippen LogP contribution in [0, 0.1) is 5.92 Å². The number of primary amides is 1. The molecule has 1 aliphatic rings. The monoisotopic (exact) mass is 295 g/mol. The summed E-state index contributed by atoms with van der Waals surface area (Å²) in [7, 11) is 0. The molecule has 2 rings (SSSR count). The molecule has 0 aliphatic carbocycles. The second-order valence-corrected chi connectivity index (χ2v) is 5.69. The number of rotatable bonds is 5. The molecule has 0 radical (unpaired) electrons. The smallest absolute Gasteiger partial charge is 0.250 e. The summed E-state index contributed by atoms with van der Waals surface area (Å²) in [6.45, 7) is 6.01. The molecule has 0 spiro atoms. The van der Waals surface area contributed by atoms with E-state index in [0.29, 0.717) is 16.5 Å². The van der Waals surface area contributed by atoms with Crippen LogP contribution in [0.4, 0.5) is 5.69 Å². The van der Waals surface area contributed by atoms with Gasteiger partial charge >= 0.3 is 0 Å². The van der Waals surface area contributed by atoms with E-state index in [0.717, 1.165) is 31.9 Å². The molecule has 5 heteroatoms. The molecular formula is C15H22ClN3O. The van der Waals surface area contributed by atoms with Gasteiger partial charge in [0.25, 0.3) is 5.91 Å². The third kappa shape index (κ3) is 3.64. The number of nitrogens with zero attached hydrogens (tertiary/aromatic N) is 1. The Kier molecular flexibility index (Phi) is 5.26. The third-order valence-electron chi connectivity index (χ3n) is 3.88. The average molecular weight is 296 g/mol. The van der Waals surface area contributed by atoms with Gasteiger partial charge in [-0.3, -0.25) is 4.79 Å². The van der Waals surface area contributed by atoms with Gasteiger partial charge in [-0.2, -0.15) is 0 Å². The van der Waals surface area contributed by atoms with E-state index in [4.69, 9.17) is 17.3 Å². The lowest BCUT2D eigenvalue weighted by Gasteiger charge is -2.31. The number of halogens is 1. The minimum absolute atomic E-state index is 0.402. The standard InChI is InChI=1S/C15H22ClN3O/c1-2-19(10-11-5-7-18-8-6-11)14-9-12(16)3-4-13(14)15(17)20/h3-4,9,11,18H,2,5-8,10H2,1H3,(H2,17,20). The van der Waals surface area contributed by atoms with Crippen LogP contribution in [0.2, 0.25) is 5.02 Å². The number of anilines is 1. The lowest BCUT2D eigenvalue weighted by Crippen LogP contribution is -2.37. The molecule has 0 bridgehead atoms. The summed E-state index contributed by atoms with van der Waals surface area (Å²) in [5, 5.41) is 4.00. The number of hydrogen-bond donors (Lipinski definition) is 2. The Morgan fingerprint density at radius 1 is 1.45 bits per heavy atom. The molecule has 1 aliphatic heterocycles. The fourth-order valence-electron chi connectivity index (χ4n) is 2.75. The lowest BCUT2D eigenvalue weighted by atomic mass is 9.97. The van der Waals surface area contributed by atoms with Crippen molar-refractivity contribution in [1.82, 2.24) is 5.32 Å². The Hall–Kier alpha value is -1.26. The number of hydrogen-bond acceptors (Lipinski definition) is 3. The van der Waals surface area contributed by atoms with Crippen molar-refractivity contribution >= 4 is 23.2 Å². The van der Waals surface area contributed by atoms with E-state index in [2.05, 4.69) is 17.1 Å². The summed E-state index contributed by atoms with van der Waals surface area (Å²) < 4.78 is 0. The van der Waals surface area contributed by atoms with Crippen molar-refractivity contribution in [1.29, 1.82) is 0 Å². The quantitative estimate of drug-likeness (QED) is 0.876. The van der Waals surface area contributed by atoms with Crippen LogP contribution in [0.3, 0.4) is 0 Å². The zero-order valence-corrected chi connectivity index (χ0v) is 12.6. The maximum Gasteiger partial charge on any atom is 0.250 e. The molecule has 1 amide bonds. The van der Waals surface area contributed by atoms with Crippen molar-refractivity contribution in [2.24, 2.45) is 11.7 Å². The summed E-state index contributed by atoms with van der Waals surface area (Å²) >= 11 is 6.08. The molecule has 0 aromatic heterocycles. The molecule has 3 N–H and O–H groups in total. The zero-order chi connectivity index (χ0) is 14.5. The zero-order valence-electron chi connectivity index (χ0n) is 11.9. The number of benzene rings is 1. The molecular weight excluding hydrogens is 274 g/mol. The Morgan fingerprint density at radius 3 is 2.75 bits per heavy atom. The fraction of sp³-hybridized carbons (Fsp3) is 0.533. The van der Waals surface area contributed by atoms with Crippen molar-refractivity contribution in [3.05, 3.63) is 28.8 Å². The summed E-state index contributed by atoms with van der Waals surface area (Å²) in [4.78, 5) is 13.8. The minimum Gasteiger partial charge on any atom is -0.371 e. The summed E-state index contributed by atoms with van der Waals surface area (Å²) in [6.07, 6.45) is 2.34. The van der Waals surface area contributed by atoms with Crippen molar-refractivity contribution in [3.63, 3.8) is 0 Å². The van der Waals surface area contributed by atoms with E-state index < -0.39 is 5.91 Å². The summed E-state index contributed by atoms with van der Waals surface area (Å²) in [5.74, 6) is 0.247. The van der Waals surface area contributed by atoms with Crippen LogP contribution in [-0.2, 0) is 0 Å². The predicted molar refractivity (Wildman–Crippen MR) is 83.5 cm³/mol. The second-order valence-electron chi connectivity index (χ2n) is 5.26. The SMILES string of the molecule is CCN(CC1CCNCC1)c1cc(Cl)ccc1C(N)=O. The van der Waals surface area contributed by atoms with Crippen LogP contribution in [0.5, 0.6) is 0 Å². The van der Waals surface area contributed by atoms with E-state index in [1.54, 1.807) is 12.1 Å². The average Bonchev–Trinajstić information content (AvgIpc) is 2.45. The van der Waals surface area contributed by atoms with Gasteiger partial charge in [0.15, 0.2) is 0 Å². The van der Waals surface area contributed by atoms with E-state index >= 15 is 0 Å². The maximum atomic E-state index is 11.6. The highest BCUT2D eigenvalue weighted by atomic mass is 35.5. The molecule has 0 unspecified atom stereocenters. The third-order valence-corrected chi connectivity index (χ3v) is 4.12. The van der Waals surface area contributed by atoms with Crippen LogP contribution >= 0.6 is 11.6 Å². The number of amides is 1. The molecule has 20 heavy (non-hydrogen) atoms. The Balaban J connectivity index is 2.21. The Bertz CT molecular complexity index is 472. The fourth-order valence-corrected chi connectivity index (χ4v) is 2.91. The van der Waals surface area contributed by atoms with Crippen LogP contribution in [0.15, 0.2) is 18.2 Å². The first-order valence-corrected chi connectivity index (χ1v) is 7.54. The van der Waals surface area contributed by atoms with Crippen LogP contribution < -0.4 is 16.0 Å². The normalized spacial score (nSPS) is 16.1. The molecule has 1 heterocycles. The summed E-state index contributed by atoms with van der Waals surface area (Å²) in [5.41, 5.74) is 6.87. The molecule has 1 saturated heterocycles. The van der Waals surface area contributed by atoms with Gasteiger partial charge in [-0.15, -0.1) is 0 Å². The van der Waals surface area contributed by atoms with Gasteiger partial charge in [-0.05, 0) is 57.0 Å². The van der Waals surface area contributed by atoms with Gasteiger partial charge in [0.2, 0.25) is 0 Å². The van der Waals surface area contributed by atoms with Crippen molar-refractivity contribution in [3.8, 4) is 0 Å². The van der Waals surface area contributed by atoms with E-state index in [1.807, 2.05) is 6.07 Å².